The van der Waals surface area contributed by atoms with Gasteiger partial charge in [-0.05, 0) is 118 Å². The maximum absolute atomic E-state index is 2.39. The van der Waals surface area contributed by atoms with Gasteiger partial charge in [0.05, 0.1) is 5.41 Å². The Morgan fingerprint density at radius 1 is 0.203 bits per heavy atom. The van der Waals surface area contributed by atoms with Crippen molar-refractivity contribution in [1.82, 2.24) is 0 Å². The zero-order valence-corrected chi connectivity index (χ0v) is 39.4. The smallest absolute Gasteiger partial charge is 0.0745 e. The Morgan fingerprint density at radius 2 is 0.478 bits per heavy atom. The Kier molecular flexibility index (Phi) is 10.4. The fraction of sp³-hybridized carbons (Fsp3) is 0.0149. The molecular weight excluding hydrogens is 869 g/mol. The van der Waals surface area contributed by atoms with Crippen LogP contribution < -0.4 is 0 Å². The lowest BCUT2D eigenvalue weighted by Crippen LogP contribution is -2.36. The van der Waals surface area contributed by atoms with E-state index in [0.29, 0.717) is 0 Å². The molecule has 2 aliphatic rings. The third-order valence-corrected chi connectivity index (χ3v) is 16.4. The molecular formula is C67H44S2. The van der Waals surface area contributed by atoms with E-state index >= 15 is 0 Å². The first-order chi connectivity index (χ1) is 34.3. The predicted molar refractivity (Wildman–Crippen MR) is 291 cm³/mol. The number of hydrogen-bond donors (Lipinski definition) is 0. The predicted octanol–water partition coefficient (Wildman–Crippen LogP) is 18.7. The van der Waals surface area contributed by atoms with Crippen LogP contribution in [0.2, 0.25) is 0 Å². The minimum atomic E-state index is -0.469. The molecule has 0 saturated heterocycles. The monoisotopic (exact) mass is 912 g/mol. The van der Waals surface area contributed by atoms with Crippen LogP contribution in [0.25, 0.3) is 77.9 Å². The molecule has 0 aliphatic carbocycles. The Hall–Kier alpha value is -7.88. The number of hydrogen-bond acceptors (Lipinski definition) is 2. The molecule has 2 aliphatic heterocycles. The highest BCUT2D eigenvalue weighted by Crippen LogP contribution is 2.63. The van der Waals surface area contributed by atoms with E-state index in [-0.39, 0.29) is 0 Å². The summed E-state index contributed by atoms with van der Waals surface area (Å²) in [6.07, 6.45) is 0. The van der Waals surface area contributed by atoms with Crippen LogP contribution in [0, 0.1) is 0 Å². The zero-order chi connectivity index (χ0) is 45.7. The molecule has 0 aromatic heterocycles. The standard InChI is InChI=1S/C67H44S2/c1-6-23-46(24-7-1)60-61(47-25-8-2-9-26-47)63(49-29-12-4-13-30-49)65(64(50-31-14-5-15-32-50)62(60)48-27-10-3-11-28-48)51-43-41-45(42-44-51)52-33-22-37-56-66(52)69-59-40-21-18-36-55(59)67(56)53-34-16-19-38-57(53)68-58-39-20-17-35-54(58)67/h1-44H. The lowest BCUT2D eigenvalue weighted by atomic mass is 9.64. The zero-order valence-electron chi connectivity index (χ0n) is 37.7. The highest BCUT2D eigenvalue weighted by atomic mass is 32.2. The van der Waals surface area contributed by atoms with Crippen LogP contribution in [0.5, 0.6) is 0 Å². The van der Waals surface area contributed by atoms with Crippen molar-refractivity contribution in [2.24, 2.45) is 0 Å². The highest BCUT2D eigenvalue weighted by Gasteiger charge is 2.49. The van der Waals surface area contributed by atoms with Crippen molar-refractivity contribution in [3.05, 3.63) is 289 Å². The summed E-state index contributed by atoms with van der Waals surface area (Å²) in [7, 11) is 0. The first-order valence-corrected chi connectivity index (χ1v) is 25.3. The van der Waals surface area contributed by atoms with Crippen molar-refractivity contribution < 1.29 is 0 Å². The van der Waals surface area contributed by atoms with Crippen LogP contribution in [-0.4, -0.2) is 0 Å². The van der Waals surface area contributed by atoms with Crippen LogP contribution in [0.15, 0.2) is 287 Å². The van der Waals surface area contributed by atoms with E-state index in [1.165, 1.54) is 114 Å². The number of benzene rings is 11. The van der Waals surface area contributed by atoms with Crippen molar-refractivity contribution in [3.63, 3.8) is 0 Å². The minimum absolute atomic E-state index is 0.469. The van der Waals surface area contributed by atoms with E-state index in [2.05, 4.69) is 267 Å². The van der Waals surface area contributed by atoms with Gasteiger partial charge in [-0.1, -0.05) is 272 Å². The van der Waals surface area contributed by atoms with Crippen molar-refractivity contribution in [3.8, 4) is 77.9 Å². The lowest BCUT2D eigenvalue weighted by Gasteiger charge is -2.46. The van der Waals surface area contributed by atoms with Gasteiger partial charge in [0.25, 0.3) is 0 Å². The van der Waals surface area contributed by atoms with Crippen LogP contribution in [0.4, 0.5) is 0 Å². The largest absolute Gasteiger partial charge is 0.0894 e. The summed E-state index contributed by atoms with van der Waals surface area (Å²) in [6, 6.07) is 98.9. The van der Waals surface area contributed by atoms with Crippen LogP contribution in [0.1, 0.15) is 22.3 Å². The van der Waals surface area contributed by atoms with Gasteiger partial charge in [0.2, 0.25) is 0 Å². The van der Waals surface area contributed by atoms with Gasteiger partial charge < -0.3 is 0 Å². The van der Waals surface area contributed by atoms with E-state index < -0.39 is 5.41 Å². The maximum Gasteiger partial charge on any atom is 0.0745 e. The van der Waals surface area contributed by atoms with Crippen LogP contribution in [-0.2, 0) is 5.41 Å². The molecule has 11 aromatic carbocycles. The Morgan fingerprint density at radius 3 is 0.841 bits per heavy atom. The Bertz CT molecular complexity index is 3510. The van der Waals surface area contributed by atoms with Gasteiger partial charge >= 0.3 is 0 Å². The minimum Gasteiger partial charge on any atom is -0.0894 e. The third kappa shape index (κ3) is 6.78. The topological polar surface area (TPSA) is 0 Å². The van der Waals surface area contributed by atoms with Crippen molar-refractivity contribution in [2.45, 2.75) is 25.0 Å². The second-order valence-corrected chi connectivity index (χ2v) is 19.9. The first-order valence-electron chi connectivity index (χ1n) is 23.7. The second-order valence-electron chi connectivity index (χ2n) is 17.8. The highest BCUT2D eigenvalue weighted by molar-refractivity contribution is 8.00. The van der Waals surface area contributed by atoms with Crippen LogP contribution in [0.3, 0.4) is 0 Å². The first kappa shape index (κ1) is 41.3. The summed E-state index contributed by atoms with van der Waals surface area (Å²) in [5.74, 6) is 0. The molecule has 69 heavy (non-hydrogen) atoms. The van der Waals surface area contributed by atoms with Gasteiger partial charge in [-0.2, -0.15) is 0 Å². The summed E-state index contributed by atoms with van der Waals surface area (Å²) in [5, 5.41) is 0. The number of fused-ring (bicyclic) bond motifs is 8. The van der Waals surface area contributed by atoms with Crippen molar-refractivity contribution in [2.75, 3.05) is 0 Å². The second kappa shape index (κ2) is 17.3. The number of rotatable bonds is 7. The molecule has 0 radical (unpaired) electrons. The van der Waals surface area contributed by atoms with Gasteiger partial charge in [0.15, 0.2) is 0 Å². The molecule has 0 N–H and O–H groups in total. The van der Waals surface area contributed by atoms with E-state index in [1.54, 1.807) is 0 Å². The average Bonchev–Trinajstić information content (AvgIpc) is 3.43. The average molecular weight is 913 g/mol. The molecule has 13 rings (SSSR count). The van der Waals surface area contributed by atoms with Crippen LogP contribution >= 0.6 is 23.5 Å². The van der Waals surface area contributed by atoms with Crippen molar-refractivity contribution in [1.29, 1.82) is 0 Å². The van der Waals surface area contributed by atoms with Gasteiger partial charge in [-0.3, -0.25) is 0 Å². The molecule has 0 unspecified atom stereocenters. The molecule has 0 atom stereocenters. The van der Waals surface area contributed by atoms with Gasteiger partial charge in [0.1, 0.15) is 0 Å². The van der Waals surface area contributed by atoms with Gasteiger partial charge in [-0.25, -0.2) is 0 Å². The fourth-order valence-electron chi connectivity index (χ4n) is 11.2. The molecule has 0 bridgehead atoms. The third-order valence-electron chi connectivity index (χ3n) is 14.0. The Labute approximate surface area is 413 Å². The van der Waals surface area contributed by atoms with E-state index in [0.717, 1.165) is 5.56 Å². The molecule has 0 fully saturated rings. The van der Waals surface area contributed by atoms with Gasteiger partial charge in [0, 0.05) is 19.6 Å². The molecule has 0 nitrogen and oxygen atoms in total. The summed E-state index contributed by atoms with van der Waals surface area (Å²) in [6.45, 7) is 0. The van der Waals surface area contributed by atoms with E-state index in [4.69, 9.17) is 0 Å². The summed E-state index contributed by atoms with van der Waals surface area (Å²) < 4.78 is 0. The van der Waals surface area contributed by atoms with E-state index in [9.17, 15) is 0 Å². The lowest BCUT2D eigenvalue weighted by molar-refractivity contribution is 0.668. The normalized spacial score (nSPS) is 12.9. The SMILES string of the molecule is c1ccc(-c2c(-c3ccccc3)c(-c3ccccc3)c(-c3ccc(-c4cccc5c4Sc4ccccc4C54c5ccccc5Sc5ccccc54)cc3)c(-c3ccccc3)c2-c2ccccc2)cc1. The molecule has 1 spiro atoms. The van der Waals surface area contributed by atoms with E-state index in [1.807, 2.05) is 23.5 Å². The summed E-state index contributed by atoms with van der Waals surface area (Å²) in [4.78, 5) is 5.22. The van der Waals surface area contributed by atoms with Crippen molar-refractivity contribution >= 4 is 23.5 Å². The molecule has 0 amide bonds. The summed E-state index contributed by atoms with van der Waals surface area (Å²) in [5.41, 5.74) is 21.7. The molecule has 324 valence electrons. The quantitative estimate of drug-likeness (QED) is 0.156. The molecule has 11 aromatic rings. The summed E-state index contributed by atoms with van der Waals surface area (Å²) >= 11 is 3.80. The molecule has 2 heterocycles. The molecule has 0 saturated carbocycles. The maximum atomic E-state index is 2.39. The molecule has 2 heteroatoms. The Balaban J connectivity index is 1.10. The fourth-order valence-corrected chi connectivity index (χ4v) is 13.7. The van der Waals surface area contributed by atoms with Gasteiger partial charge in [-0.15, -0.1) is 0 Å².